The highest BCUT2D eigenvalue weighted by Crippen LogP contribution is 2.43. The summed E-state index contributed by atoms with van der Waals surface area (Å²) in [7, 11) is 0. The lowest BCUT2D eigenvalue weighted by atomic mass is 9.88. The van der Waals surface area contributed by atoms with Gasteiger partial charge in [-0.25, -0.2) is 0 Å². The quantitative estimate of drug-likeness (QED) is 0.457. The summed E-state index contributed by atoms with van der Waals surface area (Å²) in [6.45, 7) is 0.273. The molecule has 7 heteroatoms. The number of hydrogen-bond donors (Lipinski definition) is 0. The van der Waals surface area contributed by atoms with Crippen molar-refractivity contribution in [2.45, 2.75) is 102 Å². The van der Waals surface area contributed by atoms with Crippen molar-refractivity contribution in [1.29, 1.82) is 0 Å². The van der Waals surface area contributed by atoms with Crippen molar-refractivity contribution in [3.8, 4) is 0 Å². The monoisotopic (exact) mass is 523 g/mol. The maximum atomic E-state index is 14.1. The van der Waals surface area contributed by atoms with Crippen molar-refractivity contribution in [2.24, 2.45) is 4.99 Å². The lowest BCUT2D eigenvalue weighted by molar-refractivity contribution is -0.137. The number of nitrogens with zero attached hydrogens (tertiary/aromatic N) is 3. The van der Waals surface area contributed by atoms with Gasteiger partial charge in [0.25, 0.3) is 0 Å². The molecule has 36 heavy (non-hydrogen) atoms. The Labute approximate surface area is 222 Å². The topological polar surface area (TPSA) is 53.0 Å². The van der Waals surface area contributed by atoms with Gasteiger partial charge in [0, 0.05) is 22.5 Å². The van der Waals surface area contributed by atoms with Crippen LogP contribution in [0.15, 0.2) is 22.5 Å². The molecule has 5 nitrogen and oxygen atoms in total. The molecule has 6 rings (SSSR count). The summed E-state index contributed by atoms with van der Waals surface area (Å²) in [6.07, 6.45) is 16.3. The molecule has 2 amide bonds. The lowest BCUT2D eigenvalue weighted by Crippen LogP contribution is -2.53. The number of fused-ring (bicyclic) bond motifs is 3. The number of carbonyl (C=O) groups excluding carboxylic acids is 2. The maximum Gasteiger partial charge on any atom is 0.249 e. The van der Waals surface area contributed by atoms with Crippen LogP contribution in [0.4, 0.5) is 5.00 Å². The number of aliphatic imine (C=N–C) groups is 1. The fraction of sp³-hybridized carbons (Fsp3) is 0.621. The number of hydrogen-bond acceptors (Lipinski definition) is 5. The molecule has 0 unspecified atom stereocenters. The van der Waals surface area contributed by atoms with E-state index in [1.807, 2.05) is 4.90 Å². The highest BCUT2D eigenvalue weighted by Gasteiger charge is 2.37. The first kappa shape index (κ1) is 24.4. The number of amides is 2. The summed E-state index contributed by atoms with van der Waals surface area (Å²) < 4.78 is 0. The van der Waals surface area contributed by atoms with E-state index >= 15 is 0 Å². The van der Waals surface area contributed by atoms with E-state index in [2.05, 4.69) is 22.4 Å². The van der Waals surface area contributed by atoms with Gasteiger partial charge in [0.2, 0.25) is 11.8 Å². The summed E-state index contributed by atoms with van der Waals surface area (Å²) >= 11 is 3.43. The SMILES string of the molecule is O=C1CN=C(c2cccs2)c2c(sc3c2CCCC3)N1CC(=O)N(C1CCCCC1)C1CCCCC1. The Balaban J connectivity index is 1.35. The number of thiophene rings is 2. The second kappa shape index (κ2) is 10.8. The van der Waals surface area contributed by atoms with Crippen LogP contribution in [-0.2, 0) is 22.4 Å². The van der Waals surface area contributed by atoms with Gasteiger partial charge in [0.1, 0.15) is 18.1 Å². The zero-order chi connectivity index (χ0) is 24.5. The molecule has 2 aromatic heterocycles. The predicted molar refractivity (Wildman–Crippen MR) is 149 cm³/mol. The Morgan fingerprint density at radius 2 is 1.67 bits per heavy atom. The third kappa shape index (κ3) is 4.69. The smallest absolute Gasteiger partial charge is 0.249 e. The van der Waals surface area contributed by atoms with E-state index in [0.29, 0.717) is 12.1 Å². The number of anilines is 1. The molecule has 4 aliphatic rings. The molecule has 2 aromatic rings. The minimum absolute atomic E-state index is 0.0398. The van der Waals surface area contributed by atoms with Gasteiger partial charge in [-0.1, -0.05) is 44.6 Å². The normalized spacial score (nSPS) is 21.5. The van der Waals surface area contributed by atoms with Crippen LogP contribution < -0.4 is 4.90 Å². The van der Waals surface area contributed by atoms with Crippen LogP contribution in [-0.4, -0.2) is 47.6 Å². The molecular formula is C29H37N3O2S2. The zero-order valence-corrected chi connectivity index (χ0v) is 22.8. The first-order valence-electron chi connectivity index (χ1n) is 14.1. The molecule has 0 saturated heterocycles. The molecular weight excluding hydrogens is 486 g/mol. The molecule has 0 spiro atoms. The average molecular weight is 524 g/mol. The fourth-order valence-corrected chi connectivity index (χ4v) is 8.97. The van der Waals surface area contributed by atoms with Crippen molar-refractivity contribution in [3.05, 3.63) is 38.4 Å². The minimum Gasteiger partial charge on any atom is -0.335 e. The van der Waals surface area contributed by atoms with Crippen molar-refractivity contribution in [2.75, 3.05) is 18.0 Å². The Hall–Kier alpha value is -1.99. The van der Waals surface area contributed by atoms with Gasteiger partial charge in [-0.05, 0) is 68.4 Å². The van der Waals surface area contributed by atoms with Crippen LogP contribution in [0.3, 0.4) is 0 Å². The second-order valence-corrected chi connectivity index (χ2v) is 12.9. The summed E-state index contributed by atoms with van der Waals surface area (Å²) in [4.78, 5) is 39.2. The van der Waals surface area contributed by atoms with Crippen molar-refractivity contribution in [1.82, 2.24) is 4.90 Å². The van der Waals surface area contributed by atoms with E-state index in [9.17, 15) is 9.59 Å². The van der Waals surface area contributed by atoms with Gasteiger partial charge < -0.3 is 4.90 Å². The van der Waals surface area contributed by atoms with Gasteiger partial charge in [-0.2, -0.15) is 0 Å². The molecule has 0 bridgehead atoms. The predicted octanol–water partition coefficient (Wildman–Crippen LogP) is 6.37. The minimum atomic E-state index is -0.0398. The van der Waals surface area contributed by atoms with Gasteiger partial charge in [-0.15, -0.1) is 22.7 Å². The first-order chi connectivity index (χ1) is 17.7. The van der Waals surface area contributed by atoms with Crippen LogP contribution in [0.2, 0.25) is 0 Å². The van der Waals surface area contributed by atoms with Crippen LogP contribution in [0.5, 0.6) is 0 Å². The van der Waals surface area contributed by atoms with E-state index in [1.165, 1.54) is 61.8 Å². The van der Waals surface area contributed by atoms with Gasteiger partial charge >= 0.3 is 0 Å². The largest absolute Gasteiger partial charge is 0.335 e. The van der Waals surface area contributed by atoms with Crippen LogP contribution in [0.1, 0.15) is 97.9 Å². The van der Waals surface area contributed by atoms with Gasteiger partial charge in [-0.3, -0.25) is 19.5 Å². The molecule has 2 saturated carbocycles. The average Bonchev–Trinajstić information content (AvgIpc) is 3.55. The third-order valence-corrected chi connectivity index (χ3v) is 10.8. The van der Waals surface area contributed by atoms with E-state index < -0.39 is 0 Å². The number of rotatable bonds is 5. The van der Waals surface area contributed by atoms with Crippen LogP contribution in [0, 0.1) is 0 Å². The molecule has 0 radical (unpaired) electrons. The first-order valence-corrected chi connectivity index (χ1v) is 15.7. The Kier molecular flexibility index (Phi) is 7.29. The highest BCUT2D eigenvalue weighted by atomic mass is 32.1. The summed E-state index contributed by atoms with van der Waals surface area (Å²) in [5, 5.41) is 3.05. The van der Waals surface area contributed by atoms with Crippen molar-refractivity contribution < 1.29 is 9.59 Å². The molecule has 0 atom stereocenters. The standard InChI is InChI=1S/C29H37N3O2S2/c33-25-18-30-28(24-16-9-17-35-24)27-22-14-7-8-15-23(22)36-29(27)31(25)19-26(34)32(20-10-3-1-4-11-20)21-12-5-2-6-13-21/h9,16-17,20-21H,1-8,10-15,18-19H2. The lowest BCUT2D eigenvalue weighted by Gasteiger charge is -2.42. The molecule has 3 heterocycles. The fourth-order valence-electron chi connectivity index (χ4n) is 6.83. The van der Waals surface area contributed by atoms with Crippen molar-refractivity contribution >= 4 is 45.2 Å². The van der Waals surface area contributed by atoms with E-state index in [1.54, 1.807) is 22.7 Å². The van der Waals surface area contributed by atoms with Crippen LogP contribution in [0.25, 0.3) is 0 Å². The Bertz CT molecular complexity index is 1110. The summed E-state index contributed by atoms with van der Waals surface area (Å²) in [5.41, 5.74) is 3.47. The maximum absolute atomic E-state index is 14.1. The molecule has 2 fully saturated rings. The van der Waals surface area contributed by atoms with E-state index in [0.717, 1.165) is 59.7 Å². The summed E-state index contributed by atoms with van der Waals surface area (Å²) in [5.74, 6) is 0.112. The van der Waals surface area contributed by atoms with Gasteiger partial charge in [0.05, 0.1) is 10.6 Å². The van der Waals surface area contributed by atoms with Gasteiger partial charge in [0.15, 0.2) is 0 Å². The summed E-state index contributed by atoms with van der Waals surface area (Å²) in [6, 6.07) is 4.84. The molecule has 1 aliphatic heterocycles. The Morgan fingerprint density at radius 1 is 0.972 bits per heavy atom. The molecule has 192 valence electrons. The Morgan fingerprint density at radius 3 is 2.33 bits per heavy atom. The number of aryl methyl sites for hydroxylation is 1. The van der Waals surface area contributed by atoms with E-state index in [-0.39, 0.29) is 24.9 Å². The van der Waals surface area contributed by atoms with Crippen LogP contribution >= 0.6 is 22.7 Å². The number of carbonyl (C=O) groups is 2. The van der Waals surface area contributed by atoms with E-state index in [4.69, 9.17) is 4.99 Å². The third-order valence-electron chi connectivity index (χ3n) is 8.58. The molecule has 0 aromatic carbocycles. The van der Waals surface area contributed by atoms with Crippen molar-refractivity contribution in [3.63, 3.8) is 0 Å². The highest BCUT2D eigenvalue weighted by molar-refractivity contribution is 7.17. The zero-order valence-electron chi connectivity index (χ0n) is 21.2. The molecule has 0 N–H and O–H groups in total. The second-order valence-electron chi connectivity index (χ2n) is 10.9. The molecule has 3 aliphatic carbocycles.